The molecule has 0 aromatic carbocycles. The van der Waals surface area contributed by atoms with Gasteiger partial charge in [-0.3, -0.25) is 0 Å². The van der Waals surface area contributed by atoms with Crippen molar-refractivity contribution in [2.75, 3.05) is 13.2 Å². The Bertz CT molecular complexity index is 997. The second-order valence-corrected chi connectivity index (χ2v) is 15.3. The van der Waals surface area contributed by atoms with Gasteiger partial charge in [-0.2, -0.15) is 0 Å². The molecule has 2 aliphatic carbocycles. The van der Waals surface area contributed by atoms with Crippen molar-refractivity contribution < 1.29 is 14.2 Å². The van der Waals surface area contributed by atoms with Crippen molar-refractivity contribution in [3.8, 4) is 0 Å². The summed E-state index contributed by atoms with van der Waals surface area (Å²) in [6.45, 7) is 20.0. The van der Waals surface area contributed by atoms with Gasteiger partial charge in [0, 0.05) is 0 Å². The molecule has 0 aromatic heterocycles. The molecule has 6 rings (SSSR count). The lowest BCUT2D eigenvalue weighted by molar-refractivity contribution is -0.133. The third-order valence-electron chi connectivity index (χ3n) is 12.3. The fraction of sp³-hybridized carbons (Fsp3) is 0.778. The lowest BCUT2D eigenvalue weighted by Gasteiger charge is -2.43. The Balaban J connectivity index is 1.12. The van der Waals surface area contributed by atoms with Gasteiger partial charge in [-0.15, -0.1) is 0 Å². The summed E-state index contributed by atoms with van der Waals surface area (Å²) < 4.78 is 20.6. The molecule has 6 aliphatic rings. The van der Waals surface area contributed by atoms with Crippen LogP contribution >= 0.6 is 0 Å². The maximum absolute atomic E-state index is 7.03. The molecular weight excluding hydrogens is 480 g/mol. The zero-order valence-corrected chi connectivity index (χ0v) is 26.0. The van der Waals surface area contributed by atoms with E-state index in [0.717, 1.165) is 23.7 Å². The Morgan fingerprint density at radius 1 is 0.692 bits per heavy atom. The third kappa shape index (κ3) is 4.40. The zero-order chi connectivity index (χ0) is 27.8. The second-order valence-electron chi connectivity index (χ2n) is 15.3. The monoisotopic (exact) mass is 534 g/mol. The fourth-order valence-electron chi connectivity index (χ4n) is 9.32. The van der Waals surface area contributed by atoms with Gasteiger partial charge < -0.3 is 14.2 Å². The Morgan fingerprint density at radius 2 is 1.10 bits per heavy atom. The Kier molecular flexibility index (Phi) is 6.96. The van der Waals surface area contributed by atoms with Crippen molar-refractivity contribution in [3.05, 3.63) is 47.6 Å². The van der Waals surface area contributed by atoms with E-state index in [-0.39, 0.29) is 11.2 Å². The van der Waals surface area contributed by atoms with Gasteiger partial charge in [0.15, 0.2) is 0 Å². The normalized spacial score (nSPS) is 48.5. The lowest BCUT2D eigenvalue weighted by Crippen LogP contribution is -2.45. The predicted molar refractivity (Wildman–Crippen MR) is 159 cm³/mol. The number of hydrogen-bond donors (Lipinski definition) is 0. The molecule has 4 bridgehead atoms. The van der Waals surface area contributed by atoms with Gasteiger partial charge in [-0.05, 0) is 134 Å². The van der Waals surface area contributed by atoms with Crippen LogP contribution in [0.3, 0.4) is 0 Å². The Hall–Kier alpha value is -1.16. The van der Waals surface area contributed by atoms with Crippen LogP contribution in [0.25, 0.3) is 0 Å². The maximum Gasteiger partial charge on any atom is 0.132 e. The third-order valence-corrected chi connectivity index (χ3v) is 12.3. The first kappa shape index (κ1) is 28.0. The average Bonchev–Trinajstić information content (AvgIpc) is 3.60. The lowest BCUT2D eigenvalue weighted by atomic mass is 9.64. The summed E-state index contributed by atoms with van der Waals surface area (Å²) in [6, 6.07) is 0. The first-order valence-corrected chi connectivity index (χ1v) is 16.2. The van der Waals surface area contributed by atoms with Gasteiger partial charge >= 0.3 is 0 Å². The van der Waals surface area contributed by atoms with Crippen molar-refractivity contribution in [3.63, 3.8) is 0 Å². The van der Waals surface area contributed by atoms with Crippen LogP contribution in [-0.4, -0.2) is 35.6 Å². The topological polar surface area (TPSA) is 27.7 Å². The smallest absolute Gasteiger partial charge is 0.132 e. The highest BCUT2D eigenvalue weighted by Crippen LogP contribution is 2.56. The molecule has 3 nitrogen and oxygen atoms in total. The molecule has 0 amide bonds. The van der Waals surface area contributed by atoms with Crippen LogP contribution in [0.1, 0.15) is 93.9 Å². The largest absolute Gasteiger partial charge is 0.374 e. The van der Waals surface area contributed by atoms with E-state index >= 15 is 0 Å². The fourth-order valence-corrected chi connectivity index (χ4v) is 9.32. The first-order valence-electron chi connectivity index (χ1n) is 16.2. The zero-order valence-electron chi connectivity index (χ0n) is 26.0. The van der Waals surface area contributed by atoms with Crippen molar-refractivity contribution in [2.45, 2.75) is 116 Å². The highest BCUT2D eigenvalue weighted by atomic mass is 16.6. The second kappa shape index (κ2) is 9.70. The summed E-state index contributed by atoms with van der Waals surface area (Å²) in [6.07, 6.45) is 22.1. The molecule has 0 aromatic rings. The molecule has 10 unspecified atom stereocenters. The molecule has 2 fully saturated rings. The summed E-state index contributed by atoms with van der Waals surface area (Å²) in [4.78, 5) is 0. The average molecular weight is 535 g/mol. The molecule has 216 valence electrons. The van der Waals surface area contributed by atoms with E-state index < -0.39 is 11.2 Å². The highest BCUT2D eigenvalue weighted by molar-refractivity contribution is 5.46. The minimum Gasteiger partial charge on any atom is -0.374 e. The molecular formula is C36H54O3. The number of fused-ring (bicyclic) bond motifs is 4. The quantitative estimate of drug-likeness (QED) is 0.292. The van der Waals surface area contributed by atoms with Crippen molar-refractivity contribution in [2.24, 2.45) is 47.3 Å². The Labute approximate surface area is 238 Å². The molecule has 3 heteroatoms. The summed E-state index contributed by atoms with van der Waals surface area (Å²) in [7, 11) is 0. The van der Waals surface area contributed by atoms with E-state index in [9.17, 15) is 0 Å². The summed E-state index contributed by atoms with van der Waals surface area (Å²) >= 11 is 0. The van der Waals surface area contributed by atoms with Gasteiger partial charge in [-0.25, -0.2) is 0 Å². The van der Waals surface area contributed by atoms with Gasteiger partial charge in [0.05, 0.1) is 13.2 Å². The van der Waals surface area contributed by atoms with Crippen molar-refractivity contribution in [1.82, 2.24) is 0 Å². The number of ether oxygens (including phenoxy) is 3. The van der Waals surface area contributed by atoms with Crippen molar-refractivity contribution in [1.29, 1.82) is 0 Å². The molecule has 0 N–H and O–H groups in total. The van der Waals surface area contributed by atoms with E-state index in [1.165, 1.54) is 49.7 Å². The van der Waals surface area contributed by atoms with Gasteiger partial charge in [0.1, 0.15) is 22.4 Å². The Morgan fingerprint density at radius 3 is 1.46 bits per heavy atom. The van der Waals surface area contributed by atoms with E-state index in [1.54, 1.807) is 0 Å². The van der Waals surface area contributed by atoms with Gasteiger partial charge in [0.2, 0.25) is 0 Å². The van der Waals surface area contributed by atoms with E-state index in [1.807, 2.05) is 0 Å². The molecule has 2 saturated carbocycles. The van der Waals surface area contributed by atoms with Crippen LogP contribution in [0.4, 0.5) is 0 Å². The SMILES string of the molecule is CC1=CC2(C3CC(C(C)C)CCC3C)C=CC1(COCC13C=CC(C4CC(C(C)C)CCC4C)(C=C1C)O3)O2. The predicted octanol–water partition coefficient (Wildman–Crippen LogP) is 8.47. The maximum atomic E-state index is 7.03. The summed E-state index contributed by atoms with van der Waals surface area (Å²) in [5.41, 5.74) is 1.25. The van der Waals surface area contributed by atoms with Gasteiger partial charge in [-0.1, -0.05) is 54.4 Å². The van der Waals surface area contributed by atoms with Gasteiger partial charge in [0.25, 0.3) is 0 Å². The number of rotatable bonds is 8. The minimum absolute atomic E-state index is 0.259. The van der Waals surface area contributed by atoms with Crippen LogP contribution in [0.5, 0.6) is 0 Å². The summed E-state index contributed by atoms with van der Waals surface area (Å²) in [5, 5.41) is 0. The first-order chi connectivity index (χ1) is 18.4. The molecule has 4 heterocycles. The molecule has 0 radical (unpaired) electrons. The van der Waals surface area contributed by atoms with E-state index in [0.29, 0.717) is 36.9 Å². The van der Waals surface area contributed by atoms with Crippen LogP contribution < -0.4 is 0 Å². The standard InChI is InChI=1S/C36H54O3/c1-23(2)29-11-9-25(5)31(17-29)33-13-15-35(38-33,27(7)19-33)21-37-22-36-16-14-34(39-36,20-28(36)8)32-18-30(24(3)4)12-10-26(32)6/h13-16,19-20,23-26,29-32H,9-12,17-18,21-22H2,1-8H3. The molecule has 39 heavy (non-hydrogen) atoms. The highest BCUT2D eigenvalue weighted by Gasteiger charge is 2.58. The van der Waals surface area contributed by atoms with E-state index in [2.05, 4.69) is 91.8 Å². The van der Waals surface area contributed by atoms with Crippen LogP contribution in [0, 0.1) is 47.3 Å². The van der Waals surface area contributed by atoms with E-state index in [4.69, 9.17) is 14.2 Å². The molecule has 10 atom stereocenters. The van der Waals surface area contributed by atoms with Crippen molar-refractivity contribution >= 4 is 0 Å². The molecule has 0 saturated heterocycles. The van der Waals surface area contributed by atoms with Crippen LogP contribution in [-0.2, 0) is 14.2 Å². The molecule has 0 spiro atoms. The summed E-state index contributed by atoms with van der Waals surface area (Å²) in [5.74, 6) is 5.51. The molecule has 4 aliphatic heterocycles. The number of hydrogen-bond acceptors (Lipinski definition) is 3. The van der Waals surface area contributed by atoms with Crippen LogP contribution in [0.15, 0.2) is 47.6 Å². The van der Waals surface area contributed by atoms with Crippen LogP contribution in [0.2, 0.25) is 0 Å². The minimum atomic E-state index is -0.431.